The van der Waals surface area contributed by atoms with Crippen molar-refractivity contribution in [2.75, 3.05) is 39.8 Å². The van der Waals surface area contributed by atoms with Crippen LogP contribution in [0.25, 0.3) is 0 Å². The lowest BCUT2D eigenvalue weighted by molar-refractivity contribution is -0.141. The summed E-state index contributed by atoms with van der Waals surface area (Å²) < 4.78 is 5.43. The van der Waals surface area contributed by atoms with E-state index in [0.29, 0.717) is 18.4 Å². The van der Waals surface area contributed by atoms with Gasteiger partial charge in [-0.2, -0.15) is 0 Å². The van der Waals surface area contributed by atoms with Crippen molar-refractivity contribution >= 4 is 11.8 Å². The fourth-order valence-corrected chi connectivity index (χ4v) is 5.42. The Morgan fingerprint density at radius 3 is 2.39 bits per heavy atom. The first-order valence-corrected chi connectivity index (χ1v) is 12.1. The Labute approximate surface area is 186 Å². The smallest absolute Gasteiger partial charge is 0.237 e. The Hall–Kier alpha value is -2.08. The number of benzene rings is 1. The second kappa shape index (κ2) is 10.5. The van der Waals surface area contributed by atoms with Crippen molar-refractivity contribution in [3.63, 3.8) is 0 Å². The summed E-state index contributed by atoms with van der Waals surface area (Å²) >= 11 is 0. The molecule has 3 fully saturated rings. The highest BCUT2D eigenvalue weighted by Gasteiger charge is 2.38. The third-order valence-electron chi connectivity index (χ3n) is 7.47. The molecular weight excluding hydrogens is 390 g/mol. The van der Waals surface area contributed by atoms with Gasteiger partial charge in [-0.15, -0.1) is 0 Å². The Kier molecular flexibility index (Phi) is 7.49. The maximum absolute atomic E-state index is 13.3. The van der Waals surface area contributed by atoms with Crippen LogP contribution in [-0.4, -0.2) is 67.5 Å². The van der Waals surface area contributed by atoms with E-state index in [-0.39, 0.29) is 17.9 Å². The number of methoxy groups -OCH3 is 1. The van der Waals surface area contributed by atoms with Gasteiger partial charge in [0.15, 0.2) is 0 Å². The summed E-state index contributed by atoms with van der Waals surface area (Å²) in [6.45, 7) is 3.74. The molecule has 0 aromatic heterocycles. The molecule has 31 heavy (non-hydrogen) atoms. The van der Waals surface area contributed by atoms with Gasteiger partial charge in [0.05, 0.1) is 13.2 Å². The van der Waals surface area contributed by atoms with Gasteiger partial charge in [-0.05, 0) is 49.7 Å². The number of rotatable bonds is 8. The molecule has 0 spiro atoms. The van der Waals surface area contributed by atoms with Crippen LogP contribution >= 0.6 is 0 Å². The Balaban J connectivity index is 1.33. The van der Waals surface area contributed by atoms with Crippen molar-refractivity contribution in [2.45, 2.75) is 57.4 Å². The van der Waals surface area contributed by atoms with Gasteiger partial charge in [-0.3, -0.25) is 14.5 Å². The molecule has 1 saturated heterocycles. The second-order valence-electron chi connectivity index (χ2n) is 9.33. The van der Waals surface area contributed by atoms with Crippen LogP contribution in [0.2, 0.25) is 0 Å². The average Bonchev–Trinajstić information content (AvgIpc) is 3.28. The van der Waals surface area contributed by atoms with Crippen LogP contribution < -0.4 is 10.1 Å². The first kappa shape index (κ1) is 22.1. The number of hydrogen-bond acceptors (Lipinski definition) is 4. The van der Waals surface area contributed by atoms with Gasteiger partial charge >= 0.3 is 0 Å². The highest BCUT2D eigenvalue weighted by Crippen LogP contribution is 2.32. The van der Waals surface area contributed by atoms with Gasteiger partial charge in [0, 0.05) is 38.6 Å². The fourth-order valence-electron chi connectivity index (χ4n) is 5.42. The normalized spacial score (nSPS) is 21.5. The summed E-state index contributed by atoms with van der Waals surface area (Å²) in [6.07, 6.45) is 8.76. The van der Waals surface area contributed by atoms with Crippen molar-refractivity contribution in [3.8, 4) is 5.75 Å². The SMILES string of the molecule is COc1ccccc1CCNC(=O)C(C1CCCC1)N1CCN(C(=O)C2CCC2)CC1. The molecule has 1 heterocycles. The van der Waals surface area contributed by atoms with Crippen LogP contribution in [0, 0.1) is 11.8 Å². The Morgan fingerprint density at radius 1 is 1.03 bits per heavy atom. The van der Waals surface area contributed by atoms with E-state index in [2.05, 4.69) is 16.3 Å². The third-order valence-corrected chi connectivity index (χ3v) is 7.47. The zero-order valence-corrected chi connectivity index (χ0v) is 18.9. The van der Waals surface area contributed by atoms with E-state index >= 15 is 0 Å². The topological polar surface area (TPSA) is 61.9 Å². The molecule has 1 aromatic carbocycles. The van der Waals surface area contributed by atoms with Crippen molar-refractivity contribution in [1.29, 1.82) is 0 Å². The molecule has 1 unspecified atom stereocenters. The zero-order chi connectivity index (χ0) is 21.6. The molecule has 170 valence electrons. The lowest BCUT2D eigenvalue weighted by Crippen LogP contribution is -2.58. The van der Waals surface area contributed by atoms with E-state index in [0.717, 1.165) is 69.6 Å². The van der Waals surface area contributed by atoms with Crippen molar-refractivity contribution in [3.05, 3.63) is 29.8 Å². The van der Waals surface area contributed by atoms with Crippen LogP contribution in [0.4, 0.5) is 0 Å². The maximum atomic E-state index is 13.3. The maximum Gasteiger partial charge on any atom is 0.237 e. The molecule has 4 rings (SSSR count). The van der Waals surface area contributed by atoms with Crippen LogP contribution in [-0.2, 0) is 16.0 Å². The van der Waals surface area contributed by atoms with E-state index in [1.54, 1.807) is 7.11 Å². The number of piperazine rings is 1. The quantitative estimate of drug-likeness (QED) is 0.693. The van der Waals surface area contributed by atoms with Crippen LogP contribution in [0.1, 0.15) is 50.5 Å². The Bertz CT molecular complexity index is 750. The number of nitrogens with zero attached hydrogens (tertiary/aromatic N) is 2. The predicted molar refractivity (Wildman–Crippen MR) is 121 cm³/mol. The summed E-state index contributed by atoms with van der Waals surface area (Å²) in [5.74, 6) is 2.05. The van der Waals surface area contributed by atoms with Gasteiger partial charge in [0.25, 0.3) is 0 Å². The minimum atomic E-state index is -0.0684. The van der Waals surface area contributed by atoms with Crippen molar-refractivity contribution in [1.82, 2.24) is 15.1 Å². The van der Waals surface area contributed by atoms with Crippen molar-refractivity contribution in [2.24, 2.45) is 11.8 Å². The predicted octanol–water partition coefficient (Wildman–Crippen LogP) is 2.86. The molecule has 0 radical (unpaired) electrons. The lowest BCUT2D eigenvalue weighted by Gasteiger charge is -2.42. The summed E-state index contributed by atoms with van der Waals surface area (Å²) in [5, 5.41) is 3.21. The molecule has 6 nitrogen and oxygen atoms in total. The summed E-state index contributed by atoms with van der Waals surface area (Å²) in [5.41, 5.74) is 1.12. The van der Waals surface area contributed by atoms with E-state index < -0.39 is 0 Å². The summed E-state index contributed by atoms with van der Waals surface area (Å²) in [4.78, 5) is 30.3. The molecule has 1 aromatic rings. The van der Waals surface area contributed by atoms with E-state index in [1.165, 1.54) is 19.3 Å². The monoisotopic (exact) mass is 427 g/mol. The number of hydrogen-bond donors (Lipinski definition) is 1. The van der Waals surface area contributed by atoms with Gasteiger partial charge < -0.3 is 15.0 Å². The number of nitrogens with one attached hydrogen (secondary N) is 1. The van der Waals surface area contributed by atoms with E-state index in [9.17, 15) is 9.59 Å². The molecule has 2 amide bonds. The molecule has 1 N–H and O–H groups in total. The highest BCUT2D eigenvalue weighted by molar-refractivity contribution is 5.82. The zero-order valence-electron chi connectivity index (χ0n) is 18.9. The molecule has 0 bridgehead atoms. The Morgan fingerprint density at radius 2 is 1.74 bits per heavy atom. The first-order chi connectivity index (χ1) is 15.2. The van der Waals surface area contributed by atoms with E-state index in [4.69, 9.17) is 4.74 Å². The largest absolute Gasteiger partial charge is 0.496 e. The molecule has 1 atom stereocenters. The average molecular weight is 428 g/mol. The summed E-state index contributed by atoms with van der Waals surface area (Å²) in [6, 6.07) is 7.92. The van der Waals surface area contributed by atoms with Crippen LogP contribution in [0.5, 0.6) is 5.75 Å². The molecular formula is C25H37N3O3. The number of carbonyl (C=O) groups excluding carboxylic acids is 2. The van der Waals surface area contributed by atoms with Gasteiger partial charge in [0.1, 0.15) is 5.75 Å². The third kappa shape index (κ3) is 5.22. The fraction of sp³-hybridized carbons (Fsp3) is 0.680. The van der Waals surface area contributed by atoms with Crippen LogP contribution in [0.15, 0.2) is 24.3 Å². The molecule has 2 saturated carbocycles. The lowest BCUT2D eigenvalue weighted by atomic mass is 9.84. The molecule has 2 aliphatic carbocycles. The van der Waals surface area contributed by atoms with E-state index in [1.807, 2.05) is 23.1 Å². The minimum absolute atomic E-state index is 0.0684. The first-order valence-electron chi connectivity index (χ1n) is 12.1. The number of carbonyl (C=O) groups is 2. The minimum Gasteiger partial charge on any atom is -0.496 e. The number of amides is 2. The highest BCUT2D eigenvalue weighted by atomic mass is 16.5. The number of ether oxygens (including phenoxy) is 1. The molecule has 6 heteroatoms. The molecule has 1 aliphatic heterocycles. The summed E-state index contributed by atoms with van der Waals surface area (Å²) in [7, 11) is 1.68. The van der Waals surface area contributed by atoms with Crippen molar-refractivity contribution < 1.29 is 14.3 Å². The van der Waals surface area contributed by atoms with Gasteiger partial charge in [0.2, 0.25) is 11.8 Å². The molecule has 3 aliphatic rings. The standard InChI is InChI=1S/C25H37N3O3/c1-31-22-12-5-4-7-19(22)13-14-26-24(29)23(20-8-2-3-9-20)27-15-17-28(18-16-27)25(30)21-10-6-11-21/h4-5,7,12,20-21,23H,2-3,6,8-11,13-18H2,1H3,(H,26,29). The van der Waals surface area contributed by atoms with Crippen LogP contribution in [0.3, 0.4) is 0 Å². The second-order valence-corrected chi connectivity index (χ2v) is 9.33. The van der Waals surface area contributed by atoms with Gasteiger partial charge in [-0.1, -0.05) is 37.5 Å². The van der Waals surface area contributed by atoms with Gasteiger partial charge in [-0.25, -0.2) is 0 Å². The number of para-hydroxylation sites is 1.